The predicted octanol–water partition coefficient (Wildman–Crippen LogP) is 4.38. The molecule has 0 radical (unpaired) electrons. The Morgan fingerprint density at radius 1 is 0.875 bits per heavy atom. The van der Waals surface area contributed by atoms with Crippen LogP contribution in [0.4, 0.5) is 16.2 Å². The number of methoxy groups -OCH3 is 1. The van der Waals surface area contributed by atoms with Gasteiger partial charge < -0.3 is 20.3 Å². The fraction of sp³-hybridized carbons (Fsp3) is 0.269. The van der Waals surface area contributed by atoms with Crippen molar-refractivity contribution in [1.82, 2.24) is 10.2 Å². The molecule has 1 unspecified atom stereocenters. The quantitative estimate of drug-likeness (QED) is 0.584. The van der Waals surface area contributed by atoms with Crippen LogP contribution in [0.2, 0.25) is 0 Å². The number of anilines is 2. The SMILES string of the molecule is COc1ccccc1C(CNC(=O)Nc1ccccc1)N1CCN(c2ccccc2)CC1. The van der Waals surface area contributed by atoms with Gasteiger partial charge in [-0.25, -0.2) is 4.79 Å². The fourth-order valence-corrected chi connectivity index (χ4v) is 4.19. The predicted molar refractivity (Wildman–Crippen MR) is 129 cm³/mol. The smallest absolute Gasteiger partial charge is 0.319 e. The Bertz CT molecular complexity index is 989. The Morgan fingerprint density at radius 3 is 2.19 bits per heavy atom. The molecule has 3 aromatic carbocycles. The highest BCUT2D eigenvalue weighted by Crippen LogP contribution is 2.30. The monoisotopic (exact) mass is 430 g/mol. The Hall–Kier alpha value is -3.51. The summed E-state index contributed by atoms with van der Waals surface area (Å²) < 4.78 is 5.64. The standard InChI is InChI=1S/C26H30N4O2/c1-32-25-15-9-8-14-23(25)24(20-27-26(31)28-21-10-4-2-5-11-21)30-18-16-29(17-19-30)22-12-6-3-7-13-22/h2-15,24H,16-20H2,1H3,(H2,27,28,31). The molecule has 4 rings (SSSR count). The largest absolute Gasteiger partial charge is 0.496 e. The number of hydrogen-bond donors (Lipinski definition) is 2. The molecule has 6 nitrogen and oxygen atoms in total. The summed E-state index contributed by atoms with van der Waals surface area (Å²) in [5, 5.41) is 5.96. The van der Waals surface area contributed by atoms with Crippen LogP contribution in [0.3, 0.4) is 0 Å². The van der Waals surface area contributed by atoms with Crippen LogP contribution in [-0.2, 0) is 0 Å². The second kappa shape index (κ2) is 10.7. The van der Waals surface area contributed by atoms with Crippen LogP contribution in [0.5, 0.6) is 5.75 Å². The van der Waals surface area contributed by atoms with Crippen LogP contribution in [0.1, 0.15) is 11.6 Å². The van der Waals surface area contributed by atoms with E-state index in [2.05, 4.69) is 50.8 Å². The molecule has 6 heteroatoms. The van der Waals surface area contributed by atoms with Crippen molar-refractivity contribution >= 4 is 17.4 Å². The van der Waals surface area contributed by atoms with Crippen molar-refractivity contribution in [2.75, 3.05) is 50.1 Å². The van der Waals surface area contributed by atoms with E-state index in [9.17, 15) is 4.79 Å². The summed E-state index contributed by atoms with van der Waals surface area (Å²) in [5.41, 5.74) is 3.11. The van der Waals surface area contributed by atoms with Crippen LogP contribution in [0.25, 0.3) is 0 Å². The highest BCUT2D eigenvalue weighted by molar-refractivity contribution is 5.89. The molecular weight excluding hydrogens is 400 g/mol. The number of para-hydroxylation sites is 3. The number of ether oxygens (including phenoxy) is 1. The van der Waals surface area contributed by atoms with Gasteiger partial charge in [-0.05, 0) is 30.3 Å². The van der Waals surface area contributed by atoms with Crippen LogP contribution in [0.15, 0.2) is 84.9 Å². The third-order valence-electron chi connectivity index (χ3n) is 5.86. The van der Waals surface area contributed by atoms with E-state index in [0.717, 1.165) is 43.2 Å². The van der Waals surface area contributed by atoms with Crippen LogP contribution < -0.4 is 20.3 Å². The Morgan fingerprint density at radius 2 is 1.50 bits per heavy atom. The number of piperazine rings is 1. The van der Waals surface area contributed by atoms with Gasteiger partial charge in [0.15, 0.2) is 0 Å². The molecule has 0 spiro atoms. The van der Waals surface area contributed by atoms with E-state index in [1.807, 2.05) is 54.6 Å². The third-order valence-corrected chi connectivity index (χ3v) is 5.86. The van der Waals surface area contributed by atoms with Gasteiger partial charge in [-0.2, -0.15) is 0 Å². The molecule has 32 heavy (non-hydrogen) atoms. The lowest BCUT2D eigenvalue weighted by atomic mass is 10.0. The van der Waals surface area contributed by atoms with E-state index >= 15 is 0 Å². The number of carbonyl (C=O) groups is 1. The van der Waals surface area contributed by atoms with Gasteiger partial charge in [-0.15, -0.1) is 0 Å². The molecule has 0 aliphatic carbocycles. The van der Waals surface area contributed by atoms with E-state index in [1.54, 1.807) is 7.11 Å². The lowest BCUT2D eigenvalue weighted by Gasteiger charge is -2.40. The number of urea groups is 1. The first-order valence-electron chi connectivity index (χ1n) is 11.0. The molecule has 1 aliphatic heterocycles. The maximum Gasteiger partial charge on any atom is 0.319 e. The molecule has 0 aromatic heterocycles. The zero-order chi connectivity index (χ0) is 22.2. The summed E-state index contributed by atoms with van der Waals surface area (Å²) in [5.74, 6) is 0.841. The first-order chi connectivity index (χ1) is 15.7. The molecule has 1 aliphatic rings. The molecule has 166 valence electrons. The molecule has 1 saturated heterocycles. The molecule has 2 amide bonds. The second-order valence-electron chi connectivity index (χ2n) is 7.82. The lowest BCUT2D eigenvalue weighted by Crippen LogP contribution is -2.50. The summed E-state index contributed by atoms with van der Waals surface area (Å²) >= 11 is 0. The minimum absolute atomic E-state index is 0.0191. The summed E-state index contributed by atoms with van der Waals surface area (Å²) in [7, 11) is 1.69. The highest BCUT2D eigenvalue weighted by Gasteiger charge is 2.27. The third kappa shape index (κ3) is 5.39. The summed E-state index contributed by atoms with van der Waals surface area (Å²) in [6.45, 7) is 4.17. The van der Waals surface area contributed by atoms with Crippen molar-refractivity contribution in [2.45, 2.75) is 6.04 Å². The van der Waals surface area contributed by atoms with Crippen molar-refractivity contribution in [3.8, 4) is 5.75 Å². The van der Waals surface area contributed by atoms with Gasteiger partial charge in [0.2, 0.25) is 0 Å². The molecule has 0 bridgehead atoms. The van der Waals surface area contributed by atoms with Gasteiger partial charge >= 0.3 is 6.03 Å². The number of nitrogens with one attached hydrogen (secondary N) is 2. The summed E-state index contributed by atoms with van der Waals surface area (Å²) in [6, 6.07) is 27.9. The first-order valence-corrected chi connectivity index (χ1v) is 11.0. The normalized spacial score (nSPS) is 15.1. The average molecular weight is 431 g/mol. The van der Waals surface area contributed by atoms with E-state index in [4.69, 9.17) is 4.74 Å². The van der Waals surface area contributed by atoms with Gasteiger partial charge in [-0.3, -0.25) is 4.90 Å². The zero-order valence-corrected chi connectivity index (χ0v) is 18.4. The van der Waals surface area contributed by atoms with Gasteiger partial charge in [0, 0.05) is 49.7 Å². The molecule has 1 heterocycles. The maximum absolute atomic E-state index is 12.5. The number of carbonyl (C=O) groups excluding carboxylic acids is 1. The number of rotatable bonds is 7. The van der Waals surface area contributed by atoms with Crippen molar-refractivity contribution in [1.29, 1.82) is 0 Å². The Balaban J connectivity index is 1.45. The molecule has 1 atom stereocenters. The summed E-state index contributed by atoms with van der Waals surface area (Å²) in [6.07, 6.45) is 0. The van der Waals surface area contributed by atoms with Gasteiger partial charge in [-0.1, -0.05) is 54.6 Å². The highest BCUT2D eigenvalue weighted by atomic mass is 16.5. The average Bonchev–Trinajstić information content (AvgIpc) is 2.86. The van der Waals surface area contributed by atoms with E-state index in [1.165, 1.54) is 5.69 Å². The van der Waals surface area contributed by atoms with E-state index in [-0.39, 0.29) is 12.1 Å². The molecule has 0 saturated carbocycles. The van der Waals surface area contributed by atoms with Crippen LogP contribution in [0, 0.1) is 0 Å². The van der Waals surface area contributed by atoms with Gasteiger partial charge in [0.1, 0.15) is 5.75 Å². The molecular formula is C26H30N4O2. The van der Waals surface area contributed by atoms with Crippen molar-refractivity contribution in [3.63, 3.8) is 0 Å². The minimum Gasteiger partial charge on any atom is -0.496 e. The Kier molecular flexibility index (Phi) is 7.25. The van der Waals surface area contributed by atoms with Crippen LogP contribution >= 0.6 is 0 Å². The number of amides is 2. The molecule has 3 aromatic rings. The van der Waals surface area contributed by atoms with Crippen molar-refractivity contribution in [2.24, 2.45) is 0 Å². The maximum atomic E-state index is 12.5. The van der Waals surface area contributed by atoms with E-state index in [0.29, 0.717) is 6.54 Å². The minimum atomic E-state index is -0.209. The fourth-order valence-electron chi connectivity index (χ4n) is 4.19. The van der Waals surface area contributed by atoms with E-state index < -0.39 is 0 Å². The summed E-state index contributed by atoms with van der Waals surface area (Å²) in [4.78, 5) is 17.4. The number of nitrogens with zero attached hydrogens (tertiary/aromatic N) is 2. The number of hydrogen-bond acceptors (Lipinski definition) is 4. The van der Waals surface area contributed by atoms with Gasteiger partial charge in [0.05, 0.1) is 13.2 Å². The second-order valence-corrected chi connectivity index (χ2v) is 7.82. The first kappa shape index (κ1) is 21.7. The molecule has 1 fully saturated rings. The zero-order valence-electron chi connectivity index (χ0n) is 18.4. The van der Waals surface area contributed by atoms with Crippen molar-refractivity contribution < 1.29 is 9.53 Å². The lowest BCUT2D eigenvalue weighted by molar-refractivity contribution is 0.179. The number of benzene rings is 3. The Labute approximate surface area is 189 Å². The van der Waals surface area contributed by atoms with Crippen LogP contribution in [-0.4, -0.2) is 50.8 Å². The topological polar surface area (TPSA) is 56.8 Å². The van der Waals surface area contributed by atoms with Gasteiger partial charge in [0.25, 0.3) is 0 Å². The molecule has 2 N–H and O–H groups in total. The van der Waals surface area contributed by atoms with Crippen molar-refractivity contribution in [3.05, 3.63) is 90.5 Å².